The van der Waals surface area contributed by atoms with Crippen molar-refractivity contribution in [3.63, 3.8) is 0 Å². The van der Waals surface area contributed by atoms with Crippen molar-refractivity contribution in [3.05, 3.63) is 28.2 Å². The van der Waals surface area contributed by atoms with Crippen LogP contribution in [0.5, 0.6) is 0 Å². The van der Waals surface area contributed by atoms with Gasteiger partial charge in [0.15, 0.2) is 0 Å². The Morgan fingerprint density at radius 3 is 2.83 bits per heavy atom. The van der Waals surface area contributed by atoms with Crippen molar-refractivity contribution in [1.29, 1.82) is 0 Å². The summed E-state index contributed by atoms with van der Waals surface area (Å²) in [5.41, 5.74) is 5.94. The first-order chi connectivity index (χ1) is 8.52. The normalized spacial score (nSPS) is 10.7. The molecule has 0 unspecified atom stereocenters. The first-order valence-electron chi connectivity index (χ1n) is 5.66. The van der Waals surface area contributed by atoms with Gasteiger partial charge in [0.25, 0.3) is 0 Å². The van der Waals surface area contributed by atoms with E-state index in [-0.39, 0.29) is 5.91 Å². The van der Waals surface area contributed by atoms with E-state index in [1.165, 1.54) is 0 Å². The number of anilines is 1. The molecule has 4 nitrogen and oxygen atoms in total. The summed E-state index contributed by atoms with van der Waals surface area (Å²) in [5.74, 6) is -0.126. The molecule has 0 aliphatic carbocycles. The van der Waals surface area contributed by atoms with Gasteiger partial charge in [0.1, 0.15) is 0 Å². The van der Waals surface area contributed by atoms with E-state index in [4.69, 9.17) is 28.9 Å². The fraction of sp³-hybridized carbons (Fsp3) is 0.417. The maximum atomic E-state index is 11.8. The number of nitrogens with zero attached hydrogens (tertiary/aromatic N) is 1. The summed E-state index contributed by atoms with van der Waals surface area (Å²) >= 11 is 11.8. The number of hydrogen-bond donors (Lipinski definition) is 2. The number of nitrogens with one attached hydrogen (secondary N) is 1. The minimum atomic E-state index is -0.126. The highest BCUT2D eigenvalue weighted by Gasteiger charge is 2.09. The maximum absolute atomic E-state index is 11.8. The Balaban J connectivity index is 2.51. The number of benzene rings is 1. The SMILES string of the molecule is CN(CCCN)CC(=O)Nc1cc(Cl)ccc1Cl. The molecule has 0 bridgehead atoms. The molecule has 100 valence electrons. The second-order valence-corrected chi connectivity index (χ2v) is 4.90. The molecule has 0 atom stereocenters. The van der Waals surface area contributed by atoms with Gasteiger partial charge in [-0.3, -0.25) is 9.69 Å². The molecule has 0 saturated carbocycles. The van der Waals surface area contributed by atoms with Crippen LogP contribution < -0.4 is 11.1 Å². The van der Waals surface area contributed by atoms with Crippen LogP contribution in [0.15, 0.2) is 18.2 Å². The summed E-state index contributed by atoms with van der Waals surface area (Å²) in [6.45, 7) is 1.70. The Labute approximate surface area is 117 Å². The quantitative estimate of drug-likeness (QED) is 0.844. The molecule has 1 amide bonds. The maximum Gasteiger partial charge on any atom is 0.238 e. The van der Waals surface area contributed by atoms with Crippen LogP contribution in [0.2, 0.25) is 10.0 Å². The number of carbonyl (C=O) groups is 1. The predicted octanol–water partition coefficient (Wildman–Crippen LogP) is 2.21. The number of amides is 1. The molecular formula is C12H17Cl2N3O. The van der Waals surface area contributed by atoms with Crippen molar-refractivity contribution in [1.82, 2.24) is 4.90 Å². The summed E-state index contributed by atoms with van der Waals surface area (Å²) in [6.07, 6.45) is 0.863. The van der Waals surface area contributed by atoms with Crippen molar-refractivity contribution in [2.75, 3.05) is 32.0 Å². The van der Waals surface area contributed by atoms with E-state index in [0.29, 0.717) is 28.8 Å². The van der Waals surface area contributed by atoms with E-state index >= 15 is 0 Å². The van der Waals surface area contributed by atoms with E-state index in [2.05, 4.69) is 5.32 Å². The van der Waals surface area contributed by atoms with Crippen LogP contribution >= 0.6 is 23.2 Å². The zero-order chi connectivity index (χ0) is 13.5. The number of carbonyl (C=O) groups excluding carboxylic acids is 1. The van der Waals surface area contributed by atoms with Crippen molar-refractivity contribution in [2.24, 2.45) is 5.73 Å². The molecule has 0 aromatic heterocycles. The highest BCUT2D eigenvalue weighted by Crippen LogP contribution is 2.25. The third-order valence-electron chi connectivity index (χ3n) is 2.36. The second-order valence-electron chi connectivity index (χ2n) is 4.05. The Morgan fingerprint density at radius 1 is 1.44 bits per heavy atom. The van der Waals surface area contributed by atoms with Gasteiger partial charge in [-0.1, -0.05) is 23.2 Å². The van der Waals surface area contributed by atoms with Crippen molar-refractivity contribution < 1.29 is 4.79 Å². The van der Waals surface area contributed by atoms with Crippen LogP contribution in [0.25, 0.3) is 0 Å². The van der Waals surface area contributed by atoms with Gasteiger partial charge < -0.3 is 11.1 Å². The number of hydrogen-bond acceptors (Lipinski definition) is 3. The second kappa shape index (κ2) is 7.59. The van der Waals surface area contributed by atoms with Gasteiger partial charge in [-0.05, 0) is 44.8 Å². The van der Waals surface area contributed by atoms with Crippen LogP contribution in [0.4, 0.5) is 5.69 Å². The summed E-state index contributed by atoms with van der Waals surface area (Å²) < 4.78 is 0. The van der Waals surface area contributed by atoms with Gasteiger partial charge in [0.05, 0.1) is 17.3 Å². The van der Waals surface area contributed by atoms with Crippen LogP contribution in [0.1, 0.15) is 6.42 Å². The monoisotopic (exact) mass is 289 g/mol. The first-order valence-corrected chi connectivity index (χ1v) is 6.42. The van der Waals surface area contributed by atoms with Gasteiger partial charge in [-0.25, -0.2) is 0 Å². The van der Waals surface area contributed by atoms with Crippen LogP contribution in [-0.4, -0.2) is 37.5 Å². The molecule has 0 saturated heterocycles. The first kappa shape index (κ1) is 15.2. The molecule has 0 radical (unpaired) electrons. The van der Waals surface area contributed by atoms with Gasteiger partial charge in [0, 0.05) is 5.02 Å². The Kier molecular flexibility index (Phi) is 6.43. The zero-order valence-electron chi connectivity index (χ0n) is 10.2. The summed E-state index contributed by atoms with van der Waals surface area (Å²) in [4.78, 5) is 13.7. The molecule has 6 heteroatoms. The van der Waals surface area contributed by atoms with E-state index in [0.717, 1.165) is 13.0 Å². The lowest BCUT2D eigenvalue weighted by molar-refractivity contribution is -0.117. The summed E-state index contributed by atoms with van der Waals surface area (Å²) in [5, 5.41) is 3.73. The van der Waals surface area contributed by atoms with E-state index in [1.807, 2.05) is 11.9 Å². The number of rotatable bonds is 6. The Hall–Kier alpha value is -0.810. The molecule has 3 N–H and O–H groups in total. The third-order valence-corrected chi connectivity index (χ3v) is 2.92. The molecule has 1 aromatic carbocycles. The van der Waals surface area contributed by atoms with E-state index in [1.54, 1.807) is 18.2 Å². The summed E-state index contributed by atoms with van der Waals surface area (Å²) in [6, 6.07) is 4.95. The van der Waals surface area contributed by atoms with Crippen LogP contribution in [0, 0.1) is 0 Å². The molecule has 0 fully saturated rings. The highest BCUT2D eigenvalue weighted by atomic mass is 35.5. The summed E-state index contributed by atoms with van der Waals surface area (Å²) in [7, 11) is 1.87. The average Bonchev–Trinajstić information content (AvgIpc) is 2.31. The van der Waals surface area contributed by atoms with E-state index < -0.39 is 0 Å². The lowest BCUT2D eigenvalue weighted by atomic mass is 10.3. The smallest absolute Gasteiger partial charge is 0.238 e. The zero-order valence-corrected chi connectivity index (χ0v) is 11.8. The number of likely N-dealkylation sites (N-methyl/N-ethyl adjacent to an activating group) is 1. The lowest BCUT2D eigenvalue weighted by Gasteiger charge is -2.16. The minimum absolute atomic E-state index is 0.126. The molecule has 1 aromatic rings. The molecule has 1 rings (SSSR count). The third kappa shape index (κ3) is 5.23. The van der Waals surface area contributed by atoms with Crippen molar-refractivity contribution in [3.8, 4) is 0 Å². The van der Waals surface area contributed by atoms with Crippen molar-refractivity contribution >= 4 is 34.8 Å². The molecule has 0 heterocycles. The molecule has 0 aliphatic rings. The average molecular weight is 290 g/mol. The standard InChI is InChI=1S/C12H17Cl2N3O/c1-17(6-2-5-15)8-12(18)16-11-7-9(13)3-4-10(11)14/h3-4,7H,2,5-6,8,15H2,1H3,(H,16,18). The Morgan fingerprint density at radius 2 is 2.17 bits per heavy atom. The van der Waals surface area contributed by atoms with Crippen molar-refractivity contribution in [2.45, 2.75) is 6.42 Å². The number of nitrogens with two attached hydrogens (primary N) is 1. The fourth-order valence-electron chi connectivity index (χ4n) is 1.47. The molecule has 0 spiro atoms. The number of halogens is 2. The predicted molar refractivity (Wildman–Crippen MR) is 76.3 cm³/mol. The molecule has 18 heavy (non-hydrogen) atoms. The molecule has 0 aliphatic heterocycles. The van der Waals surface area contributed by atoms with E-state index in [9.17, 15) is 4.79 Å². The molecular weight excluding hydrogens is 273 g/mol. The minimum Gasteiger partial charge on any atom is -0.330 e. The highest BCUT2D eigenvalue weighted by molar-refractivity contribution is 6.35. The Bertz CT molecular complexity index is 412. The lowest BCUT2D eigenvalue weighted by Crippen LogP contribution is -2.31. The largest absolute Gasteiger partial charge is 0.330 e. The van der Waals surface area contributed by atoms with Crippen LogP contribution in [-0.2, 0) is 4.79 Å². The fourth-order valence-corrected chi connectivity index (χ4v) is 1.81. The van der Waals surface area contributed by atoms with Crippen LogP contribution in [0.3, 0.4) is 0 Å². The van der Waals surface area contributed by atoms with Gasteiger partial charge in [-0.15, -0.1) is 0 Å². The van der Waals surface area contributed by atoms with Gasteiger partial charge in [-0.2, -0.15) is 0 Å². The van der Waals surface area contributed by atoms with Gasteiger partial charge in [0.2, 0.25) is 5.91 Å². The topological polar surface area (TPSA) is 58.4 Å². The van der Waals surface area contributed by atoms with Gasteiger partial charge >= 0.3 is 0 Å².